The van der Waals surface area contributed by atoms with E-state index in [2.05, 4.69) is 26.1 Å². The molecule has 1 N–H and O–H groups in total. The van der Waals surface area contributed by atoms with E-state index in [0.29, 0.717) is 11.4 Å². The highest BCUT2D eigenvalue weighted by atomic mass is 16.5. The van der Waals surface area contributed by atoms with Crippen LogP contribution >= 0.6 is 0 Å². The molecule has 1 aliphatic carbocycles. The smallest absolute Gasteiger partial charge is 0.265 e. The predicted molar refractivity (Wildman–Crippen MR) is 98.0 cm³/mol. The Morgan fingerprint density at radius 1 is 1.24 bits per heavy atom. The quantitative estimate of drug-likeness (QED) is 0.916. The summed E-state index contributed by atoms with van der Waals surface area (Å²) in [6, 6.07) is 6.14. The molecule has 0 radical (unpaired) electrons. The van der Waals surface area contributed by atoms with Crippen molar-refractivity contribution in [1.29, 1.82) is 0 Å². The summed E-state index contributed by atoms with van der Waals surface area (Å²) in [5.41, 5.74) is 1.77. The molecular formula is C20H28N2O3. The number of hydrogen-bond donors (Lipinski definition) is 1. The van der Waals surface area contributed by atoms with E-state index in [9.17, 15) is 9.59 Å². The van der Waals surface area contributed by atoms with E-state index in [4.69, 9.17) is 4.74 Å². The molecule has 1 heterocycles. The third-order valence-electron chi connectivity index (χ3n) is 5.04. The molecule has 0 spiro atoms. The van der Waals surface area contributed by atoms with E-state index in [1.165, 1.54) is 19.3 Å². The molecule has 0 saturated heterocycles. The summed E-state index contributed by atoms with van der Waals surface area (Å²) in [4.78, 5) is 26.4. The Morgan fingerprint density at radius 3 is 2.64 bits per heavy atom. The molecule has 0 bridgehead atoms. The van der Waals surface area contributed by atoms with Gasteiger partial charge in [0.1, 0.15) is 12.3 Å². The number of hydrogen-bond acceptors (Lipinski definition) is 3. The van der Waals surface area contributed by atoms with Crippen molar-refractivity contribution < 1.29 is 14.3 Å². The lowest BCUT2D eigenvalue weighted by molar-refractivity contribution is -0.125. The second kappa shape index (κ2) is 7.06. The number of nitrogens with one attached hydrogen (secondary N) is 1. The molecule has 5 heteroatoms. The van der Waals surface area contributed by atoms with Crippen molar-refractivity contribution >= 4 is 17.5 Å². The van der Waals surface area contributed by atoms with E-state index in [0.717, 1.165) is 18.4 Å². The Morgan fingerprint density at radius 2 is 1.96 bits per heavy atom. The highest BCUT2D eigenvalue weighted by Gasteiger charge is 2.29. The summed E-state index contributed by atoms with van der Waals surface area (Å²) < 4.78 is 5.54. The van der Waals surface area contributed by atoms with Gasteiger partial charge in [0.15, 0.2) is 6.61 Å². The van der Waals surface area contributed by atoms with Gasteiger partial charge in [-0.15, -0.1) is 0 Å². The van der Waals surface area contributed by atoms with Crippen molar-refractivity contribution in [2.24, 2.45) is 0 Å². The lowest BCUT2D eigenvalue weighted by atomic mass is 9.86. The normalized spacial score (nSPS) is 18.5. The molecule has 2 amide bonds. The fourth-order valence-corrected chi connectivity index (χ4v) is 3.51. The van der Waals surface area contributed by atoms with E-state index in [1.807, 2.05) is 18.2 Å². The number of rotatable bonds is 3. The van der Waals surface area contributed by atoms with E-state index in [-0.39, 0.29) is 36.4 Å². The maximum Gasteiger partial charge on any atom is 0.265 e. The molecule has 0 unspecified atom stereocenters. The summed E-state index contributed by atoms with van der Waals surface area (Å²) >= 11 is 0. The molecule has 136 valence electrons. The van der Waals surface area contributed by atoms with Gasteiger partial charge >= 0.3 is 0 Å². The minimum absolute atomic E-state index is 0.0153. The Kier molecular flexibility index (Phi) is 5.02. The van der Waals surface area contributed by atoms with Gasteiger partial charge in [-0.25, -0.2) is 0 Å². The Labute approximate surface area is 149 Å². The van der Waals surface area contributed by atoms with Crippen LogP contribution in [0.4, 0.5) is 5.69 Å². The molecule has 1 aliphatic heterocycles. The molecular weight excluding hydrogens is 316 g/mol. The topological polar surface area (TPSA) is 58.6 Å². The van der Waals surface area contributed by atoms with Crippen molar-refractivity contribution in [3.05, 3.63) is 23.8 Å². The average Bonchev–Trinajstić information content (AvgIpc) is 2.57. The first-order chi connectivity index (χ1) is 11.8. The van der Waals surface area contributed by atoms with Crippen molar-refractivity contribution in [1.82, 2.24) is 5.32 Å². The number of amides is 2. The number of fused-ring (bicyclic) bond motifs is 1. The number of carbonyl (C=O) groups excluding carboxylic acids is 2. The van der Waals surface area contributed by atoms with Crippen LogP contribution in [-0.2, 0) is 15.0 Å². The number of carbonyl (C=O) groups is 2. The van der Waals surface area contributed by atoms with Gasteiger partial charge in [-0.2, -0.15) is 0 Å². The van der Waals surface area contributed by atoms with Crippen LogP contribution in [0.5, 0.6) is 5.75 Å². The lowest BCUT2D eigenvalue weighted by Gasteiger charge is -2.31. The standard InChI is InChI=1S/C20H28N2O3/c1-20(2,3)14-9-10-17-16(11-14)22(19(24)13-25-17)12-18(23)21-15-7-5-4-6-8-15/h9-11,15H,4-8,12-13H2,1-3H3,(H,21,23). The average molecular weight is 344 g/mol. The van der Waals surface area contributed by atoms with Crippen LogP contribution in [0.3, 0.4) is 0 Å². The molecule has 0 aromatic heterocycles. The van der Waals surface area contributed by atoms with Gasteiger partial charge < -0.3 is 10.1 Å². The minimum atomic E-state index is -0.169. The van der Waals surface area contributed by atoms with Crippen LogP contribution < -0.4 is 15.0 Å². The number of nitrogens with zero attached hydrogens (tertiary/aromatic N) is 1. The van der Waals surface area contributed by atoms with Gasteiger partial charge in [0.25, 0.3) is 5.91 Å². The molecule has 1 aromatic rings. The van der Waals surface area contributed by atoms with Crippen LogP contribution in [0.15, 0.2) is 18.2 Å². The first kappa shape index (κ1) is 17.8. The van der Waals surface area contributed by atoms with E-state index >= 15 is 0 Å². The second-order valence-electron chi connectivity index (χ2n) is 8.10. The van der Waals surface area contributed by atoms with Gasteiger partial charge in [0, 0.05) is 6.04 Å². The largest absolute Gasteiger partial charge is 0.482 e. The summed E-state index contributed by atoms with van der Waals surface area (Å²) in [6.07, 6.45) is 5.65. The zero-order valence-electron chi connectivity index (χ0n) is 15.4. The Bertz CT molecular complexity index is 657. The van der Waals surface area contributed by atoms with Crippen molar-refractivity contribution in [2.75, 3.05) is 18.1 Å². The lowest BCUT2D eigenvalue weighted by Crippen LogP contribution is -2.47. The van der Waals surface area contributed by atoms with Gasteiger partial charge in [-0.1, -0.05) is 46.1 Å². The van der Waals surface area contributed by atoms with E-state index < -0.39 is 0 Å². The summed E-state index contributed by atoms with van der Waals surface area (Å²) in [5, 5.41) is 3.09. The van der Waals surface area contributed by atoms with Crippen LogP contribution in [0.25, 0.3) is 0 Å². The van der Waals surface area contributed by atoms with Crippen LogP contribution in [-0.4, -0.2) is 31.0 Å². The van der Waals surface area contributed by atoms with Crippen LogP contribution in [0.1, 0.15) is 58.4 Å². The maximum atomic E-state index is 12.5. The molecule has 25 heavy (non-hydrogen) atoms. The van der Waals surface area contributed by atoms with Crippen LogP contribution in [0.2, 0.25) is 0 Å². The maximum absolute atomic E-state index is 12.5. The molecule has 3 rings (SSSR count). The van der Waals surface area contributed by atoms with Crippen LogP contribution in [0, 0.1) is 0 Å². The number of anilines is 1. The van der Waals surface area contributed by atoms with Crippen molar-refractivity contribution in [3.8, 4) is 5.75 Å². The van der Waals surface area contributed by atoms with E-state index in [1.54, 1.807) is 4.90 Å². The zero-order chi connectivity index (χ0) is 18.0. The predicted octanol–water partition coefficient (Wildman–Crippen LogP) is 3.16. The third-order valence-corrected chi connectivity index (χ3v) is 5.04. The van der Waals surface area contributed by atoms with Gasteiger partial charge in [-0.05, 0) is 36.0 Å². The summed E-state index contributed by atoms with van der Waals surface area (Å²) in [5.74, 6) is 0.407. The molecule has 1 aromatic carbocycles. The zero-order valence-corrected chi connectivity index (χ0v) is 15.4. The minimum Gasteiger partial charge on any atom is -0.482 e. The monoisotopic (exact) mass is 344 g/mol. The molecule has 1 saturated carbocycles. The van der Waals surface area contributed by atoms with Gasteiger partial charge in [0.2, 0.25) is 5.91 Å². The second-order valence-corrected chi connectivity index (χ2v) is 8.10. The van der Waals surface area contributed by atoms with Gasteiger partial charge in [-0.3, -0.25) is 14.5 Å². The molecule has 5 nitrogen and oxygen atoms in total. The number of benzene rings is 1. The summed E-state index contributed by atoms with van der Waals surface area (Å²) in [7, 11) is 0. The van der Waals surface area contributed by atoms with Crippen molar-refractivity contribution in [2.45, 2.75) is 64.3 Å². The number of ether oxygens (including phenoxy) is 1. The third kappa shape index (κ3) is 4.14. The Balaban J connectivity index is 1.77. The SMILES string of the molecule is CC(C)(C)c1ccc2c(c1)N(CC(=O)NC1CCCCC1)C(=O)CO2. The van der Waals surface area contributed by atoms with Crippen molar-refractivity contribution in [3.63, 3.8) is 0 Å². The van der Waals surface area contributed by atoms with Gasteiger partial charge in [0.05, 0.1) is 5.69 Å². The highest BCUT2D eigenvalue weighted by molar-refractivity contribution is 6.02. The highest BCUT2D eigenvalue weighted by Crippen LogP contribution is 2.36. The Hall–Kier alpha value is -2.04. The molecule has 1 fully saturated rings. The molecule has 0 atom stereocenters. The first-order valence-electron chi connectivity index (χ1n) is 9.21. The summed E-state index contributed by atoms with van der Waals surface area (Å²) in [6.45, 7) is 6.42. The first-order valence-corrected chi connectivity index (χ1v) is 9.21. The fourth-order valence-electron chi connectivity index (χ4n) is 3.51. The fraction of sp³-hybridized carbons (Fsp3) is 0.600. The molecule has 2 aliphatic rings.